The van der Waals surface area contributed by atoms with Crippen molar-refractivity contribution in [1.29, 1.82) is 0 Å². The first-order valence-corrected chi connectivity index (χ1v) is 3.32. The van der Waals surface area contributed by atoms with Crippen molar-refractivity contribution in [2.24, 2.45) is 0 Å². The number of aliphatic carboxylic acids is 6. The Morgan fingerprint density at radius 1 is 0.350 bits per heavy atom. The van der Waals surface area contributed by atoms with Gasteiger partial charge in [-0.2, -0.15) is 0 Å². The third-order valence-electron chi connectivity index (χ3n) is 0.549. The fourth-order valence-electron chi connectivity index (χ4n) is 0. The molecule has 0 aromatic rings. The molecule has 20 heavy (non-hydrogen) atoms. The maximum atomic E-state index is 9.10. The summed E-state index contributed by atoms with van der Waals surface area (Å²) in [5.74, 6) is -10.9. The van der Waals surface area contributed by atoms with Crippen LogP contribution in [0, 0.1) is 0 Å². The van der Waals surface area contributed by atoms with E-state index in [1.54, 1.807) is 0 Å². The second kappa shape index (κ2) is 16.9. The van der Waals surface area contributed by atoms with Crippen molar-refractivity contribution >= 4 is 71.7 Å². The van der Waals surface area contributed by atoms with Gasteiger partial charge in [-0.05, 0) is 0 Å². The van der Waals surface area contributed by atoms with Crippen molar-refractivity contribution in [3.8, 4) is 0 Å². The molecule has 2 atom stereocenters. The summed E-state index contributed by atoms with van der Waals surface area (Å²) in [6.45, 7) is 0. The Labute approximate surface area is 131 Å². The van der Waals surface area contributed by atoms with Gasteiger partial charge >= 0.3 is 71.7 Å². The third-order valence-corrected chi connectivity index (χ3v) is 0.549. The quantitative estimate of drug-likeness (QED) is 0.158. The topological polar surface area (TPSA) is 224 Å². The number of hydrogen-bond acceptors (Lipinski definition) is 6. The van der Waals surface area contributed by atoms with E-state index in [4.69, 9.17) is 59.4 Å². The predicted molar refractivity (Wildman–Crippen MR) is 65.7 cm³/mol. The van der Waals surface area contributed by atoms with E-state index in [9.17, 15) is 0 Å². The number of hydrogen-bond donors (Lipinski definition) is 6. The summed E-state index contributed by atoms with van der Waals surface area (Å²) in [6.07, 6.45) is 0. The van der Waals surface area contributed by atoms with Crippen molar-refractivity contribution < 1.29 is 59.4 Å². The van der Waals surface area contributed by atoms with Crippen LogP contribution in [-0.4, -0.2) is 102 Å². The standard InChI is InChI=1S/3C2H2O4.2AsH3/c3*3-1(4)2(5)6;;/h3*(H,3,4)(H,5,6);2*1H3. The first-order valence-electron chi connectivity index (χ1n) is 3.32. The van der Waals surface area contributed by atoms with E-state index in [-0.39, 0.29) is 35.9 Å². The van der Waals surface area contributed by atoms with E-state index in [2.05, 4.69) is 0 Å². The Hall–Kier alpha value is -2.06. The zero-order valence-corrected chi connectivity index (χ0v) is 15.5. The molecule has 0 aromatic heterocycles. The Morgan fingerprint density at radius 3 is 0.400 bits per heavy atom. The van der Waals surface area contributed by atoms with Gasteiger partial charge in [0, 0.05) is 0 Å². The van der Waals surface area contributed by atoms with Gasteiger partial charge in [0.05, 0.1) is 0 Å². The second-order valence-corrected chi connectivity index (χ2v) is 1.83. The van der Waals surface area contributed by atoms with E-state index in [0.29, 0.717) is 0 Å². The number of carboxylic acid groups (broad SMARTS) is 6. The average molecular weight is 426 g/mol. The van der Waals surface area contributed by atoms with Crippen LogP contribution in [0.15, 0.2) is 0 Å². The van der Waals surface area contributed by atoms with E-state index in [0.717, 1.165) is 0 Å². The molecule has 0 radical (unpaired) electrons. The van der Waals surface area contributed by atoms with Crippen molar-refractivity contribution in [3.05, 3.63) is 0 Å². The molecule has 0 heterocycles. The van der Waals surface area contributed by atoms with Gasteiger partial charge < -0.3 is 30.6 Å². The molecular formula is C6H12As2O12. The summed E-state index contributed by atoms with van der Waals surface area (Å²) in [5.41, 5.74) is 0. The van der Waals surface area contributed by atoms with Gasteiger partial charge in [0.1, 0.15) is 0 Å². The molecule has 0 saturated carbocycles. The van der Waals surface area contributed by atoms with Crippen LogP contribution in [0.2, 0.25) is 0 Å². The molecule has 0 fully saturated rings. The van der Waals surface area contributed by atoms with Crippen LogP contribution >= 0.6 is 0 Å². The Bertz CT molecular complexity index is 281. The minimum atomic E-state index is -1.82. The van der Waals surface area contributed by atoms with Crippen LogP contribution in [0.5, 0.6) is 0 Å². The van der Waals surface area contributed by atoms with Gasteiger partial charge in [0.15, 0.2) is 0 Å². The molecule has 14 heteroatoms. The first-order chi connectivity index (χ1) is 7.93. The molecule has 118 valence electrons. The van der Waals surface area contributed by atoms with Gasteiger partial charge in [-0.3, -0.25) is 0 Å². The molecule has 0 saturated heterocycles. The maximum absolute atomic E-state index is 9.10. The number of rotatable bonds is 0. The van der Waals surface area contributed by atoms with Gasteiger partial charge in [-0.15, -0.1) is 0 Å². The Balaban J connectivity index is -0.0000000536. The van der Waals surface area contributed by atoms with Crippen LogP contribution in [0.4, 0.5) is 0 Å². The summed E-state index contributed by atoms with van der Waals surface area (Å²) in [5, 5.41) is 44.3. The summed E-state index contributed by atoms with van der Waals surface area (Å²) in [4.78, 5) is 54.6. The fraction of sp³-hybridized carbons (Fsp3) is 0. The molecule has 12 nitrogen and oxygen atoms in total. The second-order valence-electron chi connectivity index (χ2n) is 1.83. The molecule has 0 amide bonds. The zero-order chi connectivity index (χ0) is 15.5. The summed E-state index contributed by atoms with van der Waals surface area (Å²) in [7, 11) is 0. The third kappa shape index (κ3) is 36.0. The van der Waals surface area contributed by atoms with E-state index >= 15 is 0 Å². The van der Waals surface area contributed by atoms with E-state index < -0.39 is 35.8 Å². The molecule has 0 aromatic carbocycles. The van der Waals surface area contributed by atoms with Crippen LogP contribution in [-0.2, 0) is 28.8 Å². The van der Waals surface area contributed by atoms with Crippen molar-refractivity contribution in [3.63, 3.8) is 0 Å². The van der Waals surface area contributed by atoms with Gasteiger partial charge in [-0.1, -0.05) is 0 Å². The monoisotopic (exact) mass is 426 g/mol. The molecule has 0 aliphatic heterocycles. The SMILES string of the molecule is O=C(O)C(=O)O.O=C(O)C(=O)O.O=C(O)C(=O)O.[AsH3].[AsH3]. The van der Waals surface area contributed by atoms with Crippen molar-refractivity contribution in [2.45, 2.75) is 0 Å². The molecule has 0 aliphatic carbocycles. The summed E-state index contributed by atoms with van der Waals surface area (Å²) < 4.78 is 0. The van der Waals surface area contributed by atoms with Crippen molar-refractivity contribution in [2.75, 3.05) is 0 Å². The first kappa shape index (κ1) is 30.7. The van der Waals surface area contributed by atoms with Crippen LogP contribution in [0.1, 0.15) is 0 Å². The predicted octanol–water partition coefficient (Wildman–Crippen LogP) is -4.90. The zero-order valence-electron chi connectivity index (χ0n) is 9.55. The van der Waals surface area contributed by atoms with Crippen LogP contribution in [0.25, 0.3) is 0 Å². The fourth-order valence-corrected chi connectivity index (χ4v) is 0. The van der Waals surface area contributed by atoms with Gasteiger partial charge in [-0.25, -0.2) is 28.8 Å². The molecular weight excluding hydrogens is 414 g/mol. The van der Waals surface area contributed by atoms with Gasteiger partial charge in [0.2, 0.25) is 0 Å². The Morgan fingerprint density at radius 2 is 0.400 bits per heavy atom. The van der Waals surface area contributed by atoms with Crippen LogP contribution < -0.4 is 0 Å². The molecule has 0 bridgehead atoms. The normalized spacial score (nSPS) is 6.60. The van der Waals surface area contributed by atoms with Gasteiger partial charge in [0.25, 0.3) is 0 Å². The molecule has 0 spiro atoms. The molecule has 0 rings (SSSR count). The summed E-state index contributed by atoms with van der Waals surface area (Å²) in [6, 6.07) is 0. The molecule has 0 aliphatic rings. The van der Waals surface area contributed by atoms with Crippen LogP contribution in [0.3, 0.4) is 0 Å². The van der Waals surface area contributed by atoms with Crippen molar-refractivity contribution in [1.82, 2.24) is 0 Å². The van der Waals surface area contributed by atoms with E-state index in [1.165, 1.54) is 0 Å². The summed E-state index contributed by atoms with van der Waals surface area (Å²) >= 11 is 0. The Kier molecular flexibility index (Phi) is 26.0. The molecule has 6 N–H and O–H groups in total. The average Bonchev–Trinajstić information content (AvgIpc) is 2.18. The van der Waals surface area contributed by atoms with E-state index in [1.807, 2.05) is 0 Å². The number of carbonyl (C=O) groups is 6. The minimum absolute atomic E-state index is 0. The number of carboxylic acids is 6. The molecule has 2 unspecified atom stereocenters.